The van der Waals surface area contributed by atoms with Crippen molar-refractivity contribution in [2.24, 2.45) is 0 Å². The molecule has 0 radical (unpaired) electrons. The zero-order chi connectivity index (χ0) is 27.5. The lowest BCUT2D eigenvalue weighted by atomic mass is 10.1. The molecule has 0 aliphatic carbocycles. The zero-order valence-electron chi connectivity index (χ0n) is 21.1. The van der Waals surface area contributed by atoms with E-state index in [0.717, 1.165) is 11.1 Å². The number of carbonyl (C=O) groups excluding carboxylic acids is 4. The lowest BCUT2D eigenvalue weighted by Crippen LogP contribution is -2.56. The molecule has 11 heteroatoms. The number of amides is 3. The van der Waals surface area contributed by atoms with E-state index < -0.39 is 48.4 Å². The smallest absolute Gasteiger partial charge is 0.408 e. The molecule has 1 unspecified atom stereocenters. The van der Waals surface area contributed by atoms with Crippen molar-refractivity contribution in [2.75, 3.05) is 19.6 Å². The van der Waals surface area contributed by atoms with Crippen molar-refractivity contribution in [2.45, 2.75) is 44.6 Å². The van der Waals surface area contributed by atoms with Gasteiger partial charge in [-0.15, -0.1) is 0 Å². The van der Waals surface area contributed by atoms with E-state index >= 15 is 0 Å². The lowest BCUT2D eigenvalue weighted by molar-refractivity contribution is -0.142. The van der Waals surface area contributed by atoms with Gasteiger partial charge < -0.3 is 30.2 Å². The fraction of sp³-hybridized carbons (Fsp3) is 0.370. The van der Waals surface area contributed by atoms with Gasteiger partial charge >= 0.3 is 12.1 Å². The molecule has 1 aliphatic rings. The van der Waals surface area contributed by atoms with Crippen molar-refractivity contribution < 1.29 is 33.8 Å². The van der Waals surface area contributed by atoms with E-state index in [1.165, 1.54) is 11.8 Å². The summed E-state index contributed by atoms with van der Waals surface area (Å²) in [6, 6.07) is 15.5. The van der Waals surface area contributed by atoms with Crippen molar-refractivity contribution in [3.05, 3.63) is 71.8 Å². The maximum atomic E-state index is 13.5. The molecule has 1 aliphatic heterocycles. The monoisotopic (exact) mass is 524 g/mol. The first-order chi connectivity index (χ1) is 18.3. The molecular formula is C27H32N4O7. The zero-order valence-corrected chi connectivity index (χ0v) is 21.1. The molecule has 0 aromatic heterocycles. The van der Waals surface area contributed by atoms with Crippen LogP contribution in [0.5, 0.6) is 0 Å². The summed E-state index contributed by atoms with van der Waals surface area (Å²) in [7, 11) is 0. The molecule has 202 valence electrons. The summed E-state index contributed by atoms with van der Waals surface area (Å²) >= 11 is 0. The molecule has 3 N–H and O–H groups in total. The van der Waals surface area contributed by atoms with Crippen molar-refractivity contribution in [1.82, 2.24) is 20.4 Å². The maximum Gasteiger partial charge on any atom is 0.408 e. The Kier molecular flexibility index (Phi) is 10.4. The Morgan fingerprint density at radius 2 is 1.68 bits per heavy atom. The molecule has 2 aromatic rings. The van der Waals surface area contributed by atoms with Crippen LogP contribution >= 0.6 is 0 Å². The number of alkyl carbamates (subject to hydrolysis) is 1. The topological polar surface area (TPSA) is 145 Å². The van der Waals surface area contributed by atoms with Gasteiger partial charge in [0, 0.05) is 26.2 Å². The standard InChI is InChI=1S/C27H32N4O7/c1-19(25(35)28-22(17-32)14-24(33)34)31-13-12-30(15-20-8-4-2-5-9-20)16-23(26(31)36)29-27(37)38-18-21-10-6-3-7-11-21/h2-11,17,19,22-23H,12-16,18H2,1H3,(H,28,35)(H,29,37)(H,33,34)/t19?,22-,23-/m0/s1. The Bertz CT molecular complexity index is 1110. The number of aldehydes is 1. The molecular weight excluding hydrogens is 492 g/mol. The summed E-state index contributed by atoms with van der Waals surface area (Å²) in [6.07, 6.45) is -0.996. The van der Waals surface area contributed by atoms with Gasteiger partial charge in [0.2, 0.25) is 11.8 Å². The molecule has 3 rings (SSSR count). The lowest BCUT2D eigenvalue weighted by Gasteiger charge is -2.29. The first kappa shape index (κ1) is 28.3. The number of carboxylic acid groups (broad SMARTS) is 1. The SMILES string of the molecule is CC(C(=O)N[C@H](C=O)CC(=O)O)N1CCN(Cc2ccccc2)C[C@H](NC(=O)OCc2ccccc2)C1=O. The number of ether oxygens (including phenoxy) is 1. The van der Waals surface area contributed by atoms with Crippen LogP contribution in [0.25, 0.3) is 0 Å². The van der Waals surface area contributed by atoms with Crippen LogP contribution < -0.4 is 10.6 Å². The van der Waals surface area contributed by atoms with Gasteiger partial charge in [0.15, 0.2) is 0 Å². The molecule has 2 aromatic carbocycles. The normalized spacial score (nSPS) is 17.6. The van der Waals surface area contributed by atoms with Gasteiger partial charge in [-0.3, -0.25) is 19.3 Å². The number of hydrogen-bond donors (Lipinski definition) is 3. The summed E-state index contributed by atoms with van der Waals surface area (Å²) < 4.78 is 5.31. The van der Waals surface area contributed by atoms with Crippen LogP contribution in [0.2, 0.25) is 0 Å². The second kappa shape index (κ2) is 13.9. The van der Waals surface area contributed by atoms with E-state index in [-0.39, 0.29) is 19.7 Å². The van der Waals surface area contributed by atoms with E-state index in [1.54, 1.807) is 0 Å². The van der Waals surface area contributed by atoms with Gasteiger partial charge in [-0.2, -0.15) is 0 Å². The molecule has 3 amide bonds. The summed E-state index contributed by atoms with van der Waals surface area (Å²) in [5.41, 5.74) is 1.81. The molecule has 11 nitrogen and oxygen atoms in total. The van der Waals surface area contributed by atoms with E-state index in [0.29, 0.717) is 19.4 Å². The Morgan fingerprint density at radius 1 is 1.05 bits per heavy atom. The highest BCUT2D eigenvalue weighted by atomic mass is 16.5. The third-order valence-corrected chi connectivity index (χ3v) is 6.17. The minimum absolute atomic E-state index is 0.0283. The average molecular weight is 525 g/mol. The second-order valence-electron chi connectivity index (χ2n) is 9.04. The quantitative estimate of drug-likeness (QED) is 0.372. The largest absolute Gasteiger partial charge is 0.481 e. The van der Waals surface area contributed by atoms with Crippen molar-refractivity contribution >= 4 is 30.2 Å². The minimum Gasteiger partial charge on any atom is -0.481 e. The number of rotatable bonds is 11. The van der Waals surface area contributed by atoms with E-state index in [4.69, 9.17) is 9.84 Å². The maximum absolute atomic E-state index is 13.5. The molecule has 0 bridgehead atoms. The average Bonchev–Trinajstić information content (AvgIpc) is 3.05. The van der Waals surface area contributed by atoms with Gasteiger partial charge in [-0.05, 0) is 18.1 Å². The molecule has 1 fully saturated rings. The molecule has 0 spiro atoms. The third kappa shape index (κ3) is 8.41. The summed E-state index contributed by atoms with van der Waals surface area (Å²) in [4.78, 5) is 64.5. The van der Waals surface area contributed by atoms with Crippen LogP contribution in [0.3, 0.4) is 0 Å². The first-order valence-corrected chi connectivity index (χ1v) is 12.3. The number of nitrogens with zero attached hydrogens (tertiary/aromatic N) is 2. The van der Waals surface area contributed by atoms with Gasteiger partial charge in [0.05, 0.1) is 12.5 Å². The fourth-order valence-electron chi connectivity index (χ4n) is 4.14. The first-order valence-electron chi connectivity index (χ1n) is 12.3. The molecule has 1 saturated heterocycles. The Balaban J connectivity index is 1.73. The van der Waals surface area contributed by atoms with Crippen molar-refractivity contribution in [3.8, 4) is 0 Å². The Labute approximate surface area is 220 Å². The minimum atomic E-state index is -1.24. The van der Waals surface area contributed by atoms with Crippen LogP contribution in [-0.4, -0.2) is 82.8 Å². The van der Waals surface area contributed by atoms with Crippen LogP contribution in [0, 0.1) is 0 Å². The van der Waals surface area contributed by atoms with Crippen LogP contribution in [0.15, 0.2) is 60.7 Å². The van der Waals surface area contributed by atoms with Gasteiger partial charge in [0.1, 0.15) is 25.0 Å². The number of carboxylic acids is 1. The number of aliphatic carboxylic acids is 1. The highest BCUT2D eigenvalue weighted by Gasteiger charge is 2.36. The van der Waals surface area contributed by atoms with E-state index in [9.17, 15) is 24.0 Å². The molecule has 0 saturated carbocycles. The Hall–Kier alpha value is -4.25. The van der Waals surface area contributed by atoms with Gasteiger partial charge in [-0.25, -0.2) is 4.79 Å². The third-order valence-electron chi connectivity index (χ3n) is 6.17. The Morgan fingerprint density at radius 3 is 2.29 bits per heavy atom. The number of hydrogen-bond acceptors (Lipinski definition) is 7. The van der Waals surface area contributed by atoms with Crippen LogP contribution in [0.1, 0.15) is 24.5 Å². The summed E-state index contributed by atoms with van der Waals surface area (Å²) in [6.45, 7) is 2.83. The van der Waals surface area contributed by atoms with Crippen LogP contribution in [0.4, 0.5) is 4.79 Å². The molecule has 1 heterocycles. The summed E-state index contributed by atoms with van der Waals surface area (Å²) in [5.74, 6) is -2.39. The van der Waals surface area contributed by atoms with E-state index in [1.807, 2.05) is 65.6 Å². The summed E-state index contributed by atoms with van der Waals surface area (Å²) in [5, 5.41) is 14.0. The fourth-order valence-corrected chi connectivity index (χ4v) is 4.14. The van der Waals surface area contributed by atoms with Crippen molar-refractivity contribution in [1.29, 1.82) is 0 Å². The van der Waals surface area contributed by atoms with E-state index in [2.05, 4.69) is 10.6 Å². The highest BCUT2D eigenvalue weighted by molar-refractivity contribution is 5.92. The van der Waals surface area contributed by atoms with Crippen LogP contribution in [-0.2, 0) is 37.1 Å². The second-order valence-corrected chi connectivity index (χ2v) is 9.04. The predicted molar refractivity (Wildman–Crippen MR) is 137 cm³/mol. The van der Waals surface area contributed by atoms with Gasteiger partial charge in [0.25, 0.3) is 0 Å². The van der Waals surface area contributed by atoms with Crippen molar-refractivity contribution in [3.63, 3.8) is 0 Å². The number of benzene rings is 2. The number of nitrogens with one attached hydrogen (secondary N) is 2. The predicted octanol–water partition coefficient (Wildman–Crippen LogP) is 1.17. The van der Waals surface area contributed by atoms with Gasteiger partial charge in [-0.1, -0.05) is 60.7 Å². The molecule has 3 atom stereocenters. The number of carbonyl (C=O) groups is 5. The molecule has 38 heavy (non-hydrogen) atoms. The highest BCUT2D eigenvalue weighted by Crippen LogP contribution is 2.14.